The highest BCUT2D eigenvalue weighted by Gasteiger charge is 2.32. The van der Waals surface area contributed by atoms with Crippen LogP contribution < -0.4 is 5.32 Å². The number of carbonyl (C=O) groups excluding carboxylic acids is 1. The number of tetrazole rings is 1. The van der Waals surface area contributed by atoms with Gasteiger partial charge in [-0.05, 0) is 63.2 Å². The largest absolute Gasteiger partial charge is 0.481 e. The first-order valence-corrected chi connectivity index (χ1v) is 17.6. The fourth-order valence-corrected chi connectivity index (χ4v) is 6.72. The molecule has 11 nitrogen and oxygen atoms in total. The minimum Gasteiger partial charge on any atom is -0.481 e. The lowest BCUT2D eigenvalue weighted by Gasteiger charge is -2.36. The van der Waals surface area contributed by atoms with Gasteiger partial charge in [-0.3, -0.25) is 9.59 Å². The zero-order valence-electron chi connectivity index (χ0n) is 27.4. The van der Waals surface area contributed by atoms with Crippen LogP contribution >= 0.6 is 11.8 Å². The summed E-state index contributed by atoms with van der Waals surface area (Å²) >= 11 is 1.53. The zero-order valence-corrected chi connectivity index (χ0v) is 28.2. The molecule has 4 aromatic carbocycles. The summed E-state index contributed by atoms with van der Waals surface area (Å²) in [6.45, 7) is 0.345. The maximum absolute atomic E-state index is 12.4. The number of thioether (sulfide) groups is 1. The topological polar surface area (TPSA) is 149 Å². The van der Waals surface area contributed by atoms with Crippen molar-refractivity contribution in [3.63, 3.8) is 0 Å². The van der Waals surface area contributed by atoms with Gasteiger partial charge in [0.1, 0.15) is 0 Å². The lowest BCUT2D eigenvalue weighted by molar-refractivity contribution is -0.245. The first kappa shape index (κ1) is 35.0. The number of hydrogen-bond donors (Lipinski definition) is 3. The summed E-state index contributed by atoms with van der Waals surface area (Å²) < 4.78 is 14.8. The van der Waals surface area contributed by atoms with Crippen molar-refractivity contribution in [1.82, 2.24) is 25.5 Å². The van der Waals surface area contributed by atoms with Crippen LogP contribution in [-0.4, -0.2) is 54.2 Å². The van der Waals surface area contributed by atoms with Crippen LogP contribution in [0, 0.1) is 0 Å². The summed E-state index contributed by atoms with van der Waals surface area (Å²) in [5.74, 6) is -0.343. The Morgan fingerprint density at radius 1 is 0.860 bits per heavy atom. The Kier molecular flexibility index (Phi) is 12.0. The van der Waals surface area contributed by atoms with Crippen LogP contribution in [0.25, 0.3) is 16.8 Å². The molecule has 1 amide bonds. The molecule has 1 aromatic heterocycles. The number of aromatic nitrogens is 4. The Labute approximate surface area is 294 Å². The van der Waals surface area contributed by atoms with E-state index in [1.165, 1.54) is 11.8 Å². The number of ether oxygens (including phenoxy) is 2. The molecule has 0 aliphatic carbocycles. The molecule has 3 atom stereocenters. The van der Waals surface area contributed by atoms with Crippen LogP contribution in [0.2, 0.25) is 0 Å². The highest BCUT2D eigenvalue weighted by Crippen LogP contribution is 2.40. The second kappa shape index (κ2) is 17.2. The smallest absolute Gasteiger partial charge is 0.303 e. The summed E-state index contributed by atoms with van der Waals surface area (Å²) in [6.07, 6.45) is 0.982. The van der Waals surface area contributed by atoms with Crippen molar-refractivity contribution >= 4 is 23.6 Å². The molecule has 12 heteroatoms. The summed E-state index contributed by atoms with van der Waals surface area (Å²) in [6, 6.07) is 33.6. The highest BCUT2D eigenvalue weighted by atomic mass is 32.2. The predicted molar refractivity (Wildman–Crippen MR) is 188 cm³/mol. The molecule has 3 unspecified atom stereocenters. The SMILES string of the molecule is O=C(O)CCCCC(=O)NCc1ccccc1-c1ccc(C2OC(CSc3nnnn3-c3ccccc3)CC(c3ccc(CO)cc3)O2)cc1. The van der Waals surface area contributed by atoms with Gasteiger partial charge in [0, 0.05) is 37.1 Å². The molecular weight excluding hydrogens is 655 g/mol. The van der Waals surface area contributed by atoms with E-state index < -0.39 is 12.3 Å². The molecule has 6 rings (SSSR count). The van der Waals surface area contributed by atoms with E-state index in [9.17, 15) is 14.7 Å². The number of nitrogens with zero attached hydrogens (tertiary/aromatic N) is 4. The van der Waals surface area contributed by atoms with Crippen LogP contribution in [0.4, 0.5) is 0 Å². The van der Waals surface area contributed by atoms with Crippen molar-refractivity contribution in [3.05, 3.63) is 125 Å². The molecule has 1 saturated heterocycles. The Bertz CT molecular complexity index is 1850. The fourth-order valence-electron chi connectivity index (χ4n) is 5.81. The molecule has 0 saturated carbocycles. The number of nitrogens with one attached hydrogen (secondary N) is 1. The number of para-hydroxylation sites is 1. The minimum absolute atomic E-state index is 0.0244. The number of amides is 1. The molecule has 50 heavy (non-hydrogen) atoms. The maximum atomic E-state index is 12.4. The quantitative estimate of drug-likeness (QED) is 0.0829. The lowest BCUT2D eigenvalue weighted by atomic mass is 9.97. The van der Waals surface area contributed by atoms with Gasteiger partial charge in [0.05, 0.1) is 24.5 Å². The van der Waals surface area contributed by atoms with E-state index in [0.29, 0.717) is 43.1 Å². The molecule has 1 fully saturated rings. The van der Waals surface area contributed by atoms with Crippen molar-refractivity contribution in [2.75, 3.05) is 5.75 Å². The van der Waals surface area contributed by atoms with Crippen LogP contribution in [-0.2, 0) is 32.2 Å². The van der Waals surface area contributed by atoms with E-state index in [4.69, 9.17) is 14.6 Å². The van der Waals surface area contributed by atoms with Gasteiger partial charge in [0.25, 0.3) is 0 Å². The monoisotopic (exact) mass is 693 g/mol. The number of aliphatic hydroxyl groups is 1. The molecule has 1 aliphatic rings. The molecule has 0 spiro atoms. The standard InChI is InChI=1S/C38H39N5O6S/c44-24-26-14-16-28(17-15-26)34-22-32(25-50-38-40-41-42-43(38)31-9-2-1-3-10-31)48-37(49-34)29-20-18-27(19-21-29)33-11-5-4-8-30(33)23-39-35(45)12-6-7-13-36(46)47/h1-5,8-11,14-21,32,34,37,44H,6-7,12-13,22-25H2,(H,39,45)(H,46,47). The third kappa shape index (κ3) is 9.21. The van der Waals surface area contributed by atoms with E-state index in [1.807, 2.05) is 103 Å². The third-order valence-electron chi connectivity index (χ3n) is 8.49. The summed E-state index contributed by atoms with van der Waals surface area (Å²) in [4.78, 5) is 23.1. The van der Waals surface area contributed by atoms with E-state index in [2.05, 4.69) is 20.8 Å². The zero-order chi connectivity index (χ0) is 34.7. The summed E-state index contributed by atoms with van der Waals surface area (Å²) in [5, 5.41) is 34.4. The van der Waals surface area contributed by atoms with Gasteiger partial charge in [-0.2, -0.15) is 4.68 Å². The molecular formula is C38H39N5O6S. The van der Waals surface area contributed by atoms with Gasteiger partial charge in [-0.1, -0.05) is 103 Å². The van der Waals surface area contributed by atoms with E-state index in [-0.39, 0.29) is 31.1 Å². The number of aliphatic carboxylic acids is 1. The molecule has 0 radical (unpaired) electrons. The Morgan fingerprint density at radius 2 is 1.58 bits per heavy atom. The van der Waals surface area contributed by atoms with Gasteiger partial charge >= 0.3 is 5.97 Å². The lowest BCUT2D eigenvalue weighted by Crippen LogP contribution is -2.31. The molecule has 5 aromatic rings. The van der Waals surface area contributed by atoms with Crippen molar-refractivity contribution in [2.45, 2.75) is 68.9 Å². The fraction of sp³-hybridized carbons (Fsp3) is 0.289. The number of carboxylic acids is 1. The van der Waals surface area contributed by atoms with Crippen LogP contribution in [0.1, 0.15) is 66.8 Å². The second-order valence-electron chi connectivity index (χ2n) is 12.0. The molecule has 3 N–H and O–H groups in total. The third-order valence-corrected chi connectivity index (χ3v) is 9.54. The first-order valence-electron chi connectivity index (χ1n) is 16.6. The van der Waals surface area contributed by atoms with E-state index in [0.717, 1.165) is 39.1 Å². The normalized spacial score (nSPS) is 17.3. The molecule has 1 aliphatic heterocycles. The minimum atomic E-state index is -0.849. The first-order chi connectivity index (χ1) is 24.5. The second-order valence-corrected chi connectivity index (χ2v) is 13.0. The number of benzene rings is 4. The van der Waals surface area contributed by atoms with Crippen molar-refractivity contribution < 1.29 is 29.3 Å². The number of rotatable bonds is 15. The average molecular weight is 694 g/mol. The van der Waals surface area contributed by atoms with Crippen molar-refractivity contribution in [1.29, 1.82) is 0 Å². The van der Waals surface area contributed by atoms with E-state index in [1.54, 1.807) is 4.68 Å². The summed E-state index contributed by atoms with van der Waals surface area (Å²) in [7, 11) is 0. The van der Waals surface area contributed by atoms with Crippen LogP contribution in [0.5, 0.6) is 0 Å². The van der Waals surface area contributed by atoms with E-state index >= 15 is 0 Å². The van der Waals surface area contributed by atoms with Gasteiger partial charge in [0.2, 0.25) is 11.1 Å². The number of aliphatic hydroxyl groups excluding tert-OH is 1. The van der Waals surface area contributed by atoms with Gasteiger partial charge < -0.3 is 25.0 Å². The molecule has 2 heterocycles. The van der Waals surface area contributed by atoms with Crippen LogP contribution in [0.3, 0.4) is 0 Å². The Morgan fingerprint density at radius 3 is 2.34 bits per heavy atom. The van der Waals surface area contributed by atoms with Crippen molar-refractivity contribution in [2.24, 2.45) is 0 Å². The Balaban J connectivity index is 1.15. The van der Waals surface area contributed by atoms with Gasteiger partial charge in [-0.25, -0.2) is 0 Å². The van der Waals surface area contributed by atoms with Gasteiger partial charge in [0.15, 0.2) is 6.29 Å². The van der Waals surface area contributed by atoms with Crippen LogP contribution in [0.15, 0.2) is 108 Å². The maximum Gasteiger partial charge on any atom is 0.303 e. The Hall–Kier alpha value is -4.88. The van der Waals surface area contributed by atoms with Crippen molar-refractivity contribution in [3.8, 4) is 16.8 Å². The summed E-state index contributed by atoms with van der Waals surface area (Å²) in [5.41, 5.74) is 6.57. The number of carbonyl (C=O) groups is 2. The molecule has 0 bridgehead atoms. The predicted octanol–water partition coefficient (Wildman–Crippen LogP) is 6.42. The molecule has 258 valence electrons. The highest BCUT2D eigenvalue weighted by molar-refractivity contribution is 7.99. The van der Waals surface area contributed by atoms with Gasteiger partial charge in [-0.15, -0.1) is 5.10 Å². The number of carboxylic acid groups (broad SMARTS) is 1. The number of hydrogen-bond acceptors (Lipinski definition) is 9. The average Bonchev–Trinajstić information content (AvgIpc) is 3.64. The number of unbranched alkanes of at least 4 members (excludes halogenated alkanes) is 1.